The third kappa shape index (κ3) is 4.20. The van der Waals surface area contributed by atoms with Crippen LogP contribution in [0.15, 0.2) is 30.5 Å². The number of nitrogens with zero attached hydrogens (tertiary/aromatic N) is 2. The van der Waals surface area contributed by atoms with Gasteiger partial charge in [0.25, 0.3) is 0 Å². The van der Waals surface area contributed by atoms with E-state index in [1.165, 1.54) is 69.1 Å². The smallest absolute Gasteiger partial charge is 0.0702 e. The molecule has 0 unspecified atom stereocenters. The summed E-state index contributed by atoms with van der Waals surface area (Å²) in [6, 6.07) is 8.40. The van der Waals surface area contributed by atoms with Crippen molar-refractivity contribution in [3.8, 4) is 0 Å². The monoisotopic (exact) mass is 328 g/mol. The van der Waals surface area contributed by atoms with Crippen LogP contribution < -0.4 is 0 Å². The van der Waals surface area contributed by atoms with Crippen LogP contribution in [0.25, 0.3) is 10.9 Å². The van der Waals surface area contributed by atoms with Gasteiger partial charge in [0, 0.05) is 29.2 Å². The first-order valence-corrected chi connectivity index (χ1v) is 9.71. The predicted molar refractivity (Wildman–Crippen MR) is 101 cm³/mol. The van der Waals surface area contributed by atoms with Gasteiger partial charge in [-0.05, 0) is 50.9 Å². The van der Waals surface area contributed by atoms with Crippen molar-refractivity contribution in [2.45, 2.75) is 58.6 Å². The van der Waals surface area contributed by atoms with E-state index in [2.05, 4.69) is 46.9 Å². The zero-order valence-electron chi connectivity index (χ0n) is 15.1. The SMILES string of the molecule is CCCCC1CCN(CCCn2cc(CO)c3ccccc32)CC1. The fraction of sp³-hybridized carbons (Fsp3) is 0.619. The lowest BCUT2D eigenvalue weighted by Gasteiger charge is -2.32. The van der Waals surface area contributed by atoms with Crippen LogP contribution in [0.3, 0.4) is 0 Å². The fourth-order valence-corrected chi connectivity index (χ4v) is 4.09. The highest BCUT2D eigenvalue weighted by atomic mass is 16.3. The summed E-state index contributed by atoms with van der Waals surface area (Å²) in [6.45, 7) is 7.21. The van der Waals surface area contributed by atoms with E-state index in [1.807, 2.05) is 0 Å². The molecule has 0 saturated carbocycles. The molecule has 0 radical (unpaired) electrons. The van der Waals surface area contributed by atoms with Crippen molar-refractivity contribution in [2.24, 2.45) is 5.92 Å². The quantitative estimate of drug-likeness (QED) is 0.776. The summed E-state index contributed by atoms with van der Waals surface area (Å²) in [5.74, 6) is 0.974. The summed E-state index contributed by atoms with van der Waals surface area (Å²) in [5.41, 5.74) is 2.29. The minimum Gasteiger partial charge on any atom is -0.392 e. The first-order valence-electron chi connectivity index (χ1n) is 9.71. The van der Waals surface area contributed by atoms with Gasteiger partial charge in [0.05, 0.1) is 6.61 Å². The molecule has 1 aliphatic heterocycles. The Bertz CT molecular complexity index is 626. The van der Waals surface area contributed by atoms with E-state index in [9.17, 15) is 5.11 Å². The molecule has 1 aromatic carbocycles. The Morgan fingerprint density at radius 1 is 1.08 bits per heavy atom. The predicted octanol–water partition coefficient (Wildman–Crippen LogP) is 4.43. The van der Waals surface area contributed by atoms with Gasteiger partial charge in [-0.15, -0.1) is 0 Å². The Hall–Kier alpha value is -1.32. The molecule has 132 valence electrons. The minimum absolute atomic E-state index is 0.124. The molecule has 2 heterocycles. The molecule has 1 fully saturated rings. The minimum atomic E-state index is 0.124. The number of fused-ring (bicyclic) bond motifs is 1. The van der Waals surface area contributed by atoms with E-state index in [0.29, 0.717) is 0 Å². The molecule has 0 amide bonds. The summed E-state index contributed by atoms with van der Waals surface area (Å²) in [7, 11) is 0. The molecule has 1 aromatic heterocycles. The fourth-order valence-electron chi connectivity index (χ4n) is 4.09. The molecule has 1 N–H and O–H groups in total. The average Bonchev–Trinajstić information content (AvgIpc) is 2.99. The Kier molecular flexibility index (Phi) is 6.33. The average molecular weight is 329 g/mol. The summed E-state index contributed by atoms with van der Waals surface area (Å²) >= 11 is 0. The van der Waals surface area contributed by atoms with Crippen LogP contribution in [0, 0.1) is 5.92 Å². The van der Waals surface area contributed by atoms with Crippen LogP contribution in [0.4, 0.5) is 0 Å². The highest BCUT2D eigenvalue weighted by Crippen LogP contribution is 2.24. The number of aromatic nitrogens is 1. The second-order valence-electron chi connectivity index (χ2n) is 7.30. The highest BCUT2D eigenvalue weighted by Gasteiger charge is 2.18. The maximum Gasteiger partial charge on any atom is 0.0702 e. The van der Waals surface area contributed by atoms with Crippen molar-refractivity contribution in [1.29, 1.82) is 0 Å². The number of hydrogen-bond donors (Lipinski definition) is 1. The summed E-state index contributed by atoms with van der Waals surface area (Å²) in [5, 5.41) is 10.7. The number of para-hydroxylation sites is 1. The molecule has 0 aliphatic carbocycles. The van der Waals surface area contributed by atoms with Crippen molar-refractivity contribution in [3.05, 3.63) is 36.0 Å². The van der Waals surface area contributed by atoms with Crippen LogP contribution in [-0.4, -0.2) is 34.2 Å². The number of aliphatic hydroxyl groups is 1. The van der Waals surface area contributed by atoms with E-state index < -0.39 is 0 Å². The summed E-state index contributed by atoms with van der Waals surface area (Å²) in [4.78, 5) is 2.64. The Labute approximate surface area is 146 Å². The molecule has 3 rings (SSSR count). The number of rotatable bonds is 8. The number of hydrogen-bond acceptors (Lipinski definition) is 2. The van der Waals surface area contributed by atoms with Crippen molar-refractivity contribution < 1.29 is 5.11 Å². The number of benzene rings is 1. The molecule has 1 aliphatic rings. The summed E-state index contributed by atoms with van der Waals surface area (Å²) < 4.78 is 2.31. The number of aliphatic hydroxyl groups excluding tert-OH is 1. The standard InChI is InChI=1S/C21H32N2O/c1-2-3-7-18-10-14-22(15-11-18)12-6-13-23-16-19(17-24)20-8-4-5-9-21(20)23/h4-5,8-9,16,18,24H,2-3,6-7,10-15,17H2,1H3. The van der Waals surface area contributed by atoms with Gasteiger partial charge in [-0.25, -0.2) is 0 Å². The van der Waals surface area contributed by atoms with Crippen molar-refractivity contribution >= 4 is 10.9 Å². The lowest BCUT2D eigenvalue weighted by molar-refractivity contribution is 0.174. The third-order valence-corrected chi connectivity index (χ3v) is 5.59. The van der Waals surface area contributed by atoms with Gasteiger partial charge >= 0.3 is 0 Å². The van der Waals surface area contributed by atoms with E-state index in [1.54, 1.807) is 0 Å². The first kappa shape index (κ1) is 17.5. The maximum absolute atomic E-state index is 9.54. The normalized spacial score (nSPS) is 16.9. The Morgan fingerprint density at radius 2 is 1.88 bits per heavy atom. The molecule has 0 spiro atoms. The topological polar surface area (TPSA) is 28.4 Å². The van der Waals surface area contributed by atoms with Crippen LogP contribution in [-0.2, 0) is 13.2 Å². The second-order valence-corrected chi connectivity index (χ2v) is 7.30. The van der Waals surface area contributed by atoms with Crippen molar-refractivity contribution in [1.82, 2.24) is 9.47 Å². The zero-order chi connectivity index (χ0) is 16.8. The molecule has 3 heteroatoms. The van der Waals surface area contributed by atoms with E-state index in [4.69, 9.17) is 0 Å². The number of aryl methyl sites for hydroxylation is 1. The van der Waals surface area contributed by atoms with Gasteiger partial charge in [0.2, 0.25) is 0 Å². The van der Waals surface area contributed by atoms with Crippen molar-refractivity contribution in [3.63, 3.8) is 0 Å². The van der Waals surface area contributed by atoms with Gasteiger partial charge in [0.15, 0.2) is 0 Å². The van der Waals surface area contributed by atoms with Crippen LogP contribution >= 0.6 is 0 Å². The molecule has 0 atom stereocenters. The van der Waals surface area contributed by atoms with Gasteiger partial charge in [-0.1, -0.05) is 44.4 Å². The Balaban J connectivity index is 1.47. The van der Waals surface area contributed by atoms with E-state index >= 15 is 0 Å². The van der Waals surface area contributed by atoms with Crippen molar-refractivity contribution in [2.75, 3.05) is 19.6 Å². The molecule has 1 saturated heterocycles. The number of likely N-dealkylation sites (tertiary alicyclic amines) is 1. The first-order chi connectivity index (χ1) is 11.8. The van der Waals surface area contributed by atoms with Gasteiger partial charge in [-0.2, -0.15) is 0 Å². The number of unbranched alkanes of at least 4 members (excludes halogenated alkanes) is 1. The van der Waals surface area contributed by atoms with Crippen LogP contribution in [0.1, 0.15) is 51.0 Å². The second kappa shape index (κ2) is 8.68. The molecule has 3 nitrogen and oxygen atoms in total. The summed E-state index contributed by atoms with van der Waals surface area (Å²) in [6.07, 6.45) is 10.3. The lowest BCUT2D eigenvalue weighted by Crippen LogP contribution is -2.34. The van der Waals surface area contributed by atoms with Crippen LogP contribution in [0.5, 0.6) is 0 Å². The molecular formula is C21H32N2O. The zero-order valence-corrected chi connectivity index (χ0v) is 15.1. The van der Waals surface area contributed by atoms with Gasteiger partial charge in [0.1, 0.15) is 0 Å². The lowest BCUT2D eigenvalue weighted by atomic mass is 9.91. The maximum atomic E-state index is 9.54. The molecule has 0 bridgehead atoms. The van der Waals surface area contributed by atoms with Crippen LogP contribution in [0.2, 0.25) is 0 Å². The number of piperidine rings is 1. The van der Waals surface area contributed by atoms with Gasteiger partial charge in [-0.3, -0.25) is 0 Å². The van der Waals surface area contributed by atoms with E-state index in [0.717, 1.165) is 18.0 Å². The molecule has 2 aromatic rings. The molecular weight excluding hydrogens is 296 g/mol. The third-order valence-electron chi connectivity index (χ3n) is 5.59. The highest BCUT2D eigenvalue weighted by molar-refractivity contribution is 5.83. The molecule has 24 heavy (non-hydrogen) atoms. The largest absolute Gasteiger partial charge is 0.392 e. The Morgan fingerprint density at radius 3 is 2.62 bits per heavy atom. The van der Waals surface area contributed by atoms with Gasteiger partial charge < -0.3 is 14.6 Å². The van der Waals surface area contributed by atoms with E-state index in [-0.39, 0.29) is 6.61 Å².